The number of thiocarbonyl (C=S) groups is 1. The lowest BCUT2D eigenvalue weighted by Crippen LogP contribution is -2.33. The molecule has 7 nitrogen and oxygen atoms in total. The highest BCUT2D eigenvalue weighted by Gasteiger charge is 2.31. The molecule has 0 atom stereocenters. The van der Waals surface area contributed by atoms with Crippen LogP contribution < -0.4 is 10.1 Å². The number of amides is 1. The van der Waals surface area contributed by atoms with Crippen molar-refractivity contribution in [2.75, 3.05) is 19.1 Å². The van der Waals surface area contributed by atoms with Crippen molar-refractivity contribution < 1.29 is 14.5 Å². The number of thioether (sulfide) groups is 1. The first-order chi connectivity index (χ1) is 13.0. The first-order valence-corrected chi connectivity index (χ1v) is 9.08. The lowest BCUT2D eigenvalue weighted by atomic mass is 10.2. The van der Waals surface area contributed by atoms with E-state index >= 15 is 0 Å². The third kappa shape index (κ3) is 4.44. The molecule has 1 N–H and O–H groups in total. The Bertz CT molecular complexity index is 911. The lowest BCUT2D eigenvalue weighted by molar-refractivity contribution is -0.384. The van der Waals surface area contributed by atoms with E-state index in [1.807, 2.05) is 24.3 Å². The number of benzene rings is 2. The maximum atomic E-state index is 12.6. The first-order valence-electron chi connectivity index (χ1n) is 7.85. The monoisotopic (exact) mass is 401 g/mol. The Kier molecular flexibility index (Phi) is 5.72. The van der Waals surface area contributed by atoms with E-state index in [1.165, 1.54) is 28.8 Å². The van der Waals surface area contributed by atoms with Gasteiger partial charge in [0.2, 0.25) is 0 Å². The zero-order valence-corrected chi connectivity index (χ0v) is 15.9. The molecule has 0 saturated carbocycles. The highest BCUT2D eigenvalue weighted by atomic mass is 32.2. The number of carbonyl (C=O) groups excluding carboxylic acids is 1. The van der Waals surface area contributed by atoms with Crippen LogP contribution in [0.15, 0.2) is 53.4 Å². The van der Waals surface area contributed by atoms with Gasteiger partial charge in [0.05, 0.1) is 23.6 Å². The molecule has 0 spiro atoms. The van der Waals surface area contributed by atoms with Crippen LogP contribution in [-0.4, -0.2) is 33.8 Å². The summed E-state index contributed by atoms with van der Waals surface area (Å²) in [6.45, 7) is 0.245. The number of carbonyl (C=O) groups is 1. The van der Waals surface area contributed by atoms with Gasteiger partial charge >= 0.3 is 0 Å². The van der Waals surface area contributed by atoms with Crippen LogP contribution in [0.3, 0.4) is 0 Å². The van der Waals surface area contributed by atoms with E-state index in [2.05, 4.69) is 5.32 Å². The molecule has 3 rings (SSSR count). The second-order valence-electron chi connectivity index (χ2n) is 5.52. The van der Waals surface area contributed by atoms with Crippen LogP contribution in [0.4, 0.5) is 11.4 Å². The van der Waals surface area contributed by atoms with Crippen LogP contribution in [0.1, 0.15) is 5.56 Å². The van der Waals surface area contributed by atoms with Gasteiger partial charge < -0.3 is 10.1 Å². The minimum absolute atomic E-state index is 0.00314. The Morgan fingerprint density at radius 2 is 1.89 bits per heavy atom. The summed E-state index contributed by atoms with van der Waals surface area (Å²) in [4.78, 5) is 24.8. The predicted octanol–water partition coefficient (Wildman–Crippen LogP) is 3.87. The van der Waals surface area contributed by atoms with Crippen molar-refractivity contribution in [3.63, 3.8) is 0 Å². The van der Waals surface area contributed by atoms with Gasteiger partial charge in [0, 0.05) is 17.8 Å². The van der Waals surface area contributed by atoms with E-state index in [9.17, 15) is 14.9 Å². The van der Waals surface area contributed by atoms with E-state index in [0.29, 0.717) is 14.8 Å². The Hall–Kier alpha value is -2.91. The van der Waals surface area contributed by atoms with Crippen LogP contribution in [0.2, 0.25) is 0 Å². The van der Waals surface area contributed by atoms with Crippen LogP contribution >= 0.6 is 24.0 Å². The number of nitro benzene ring substituents is 1. The molecule has 1 heterocycles. The molecule has 0 bridgehead atoms. The van der Waals surface area contributed by atoms with Crippen LogP contribution in [0, 0.1) is 10.1 Å². The Balaban J connectivity index is 1.67. The van der Waals surface area contributed by atoms with Gasteiger partial charge in [-0.05, 0) is 48.0 Å². The highest BCUT2D eigenvalue weighted by molar-refractivity contribution is 8.26. The zero-order chi connectivity index (χ0) is 19.4. The quantitative estimate of drug-likeness (QED) is 0.340. The minimum atomic E-state index is -0.464. The Labute approximate surface area is 165 Å². The van der Waals surface area contributed by atoms with E-state index in [4.69, 9.17) is 17.0 Å². The van der Waals surface area contributed by atoms with Crippen molar-refractivity contribution in [3.8, 4) is 5.75 Å². The fourth-order valence-electron chi connectivity index (χ4n) is 2.36. The molecule has 0 aliphatic carbocycles. The van der Waals surface area contributed by atoms with Crippen molar-refractivity contribution in [1.29, 1.82) is 0 Å². The average molecular weight is 401 g/mol. The summed E-state index contributed by atoms with van der Waals surface area (Å²) < 4.78 is 5.56. The second kappa shape index (κ2) is 8.19. The number of hydrogen-bond donors (Lipinski definition) is 1. The zero-order valence-electron chi connectivity index (χ0n) is 14.2. The predicted molar refractivity (Wildman–Crippen MR) is 110 cm³/mol. The van der Waals surface area contributed by atoms with Crippen molar-refractivity contribution in [2.45, 2.75) is 0 Å². The number of hydrogen-bond acceptors (Lipinski definition) is 7. The fraction of sp³-hybridized carbons (Fsp3) is 0.111. The molecule has 1 aliphatic rings. The number of nitrogens with one attached hydrogen (secondary N) is 1. The first kappa shape index (κ1) is 18.9. The van der Waals surface area contributed by atoms with Crippen LogP contribution in [-0.2, 0) is 4.79 Å². The van der Waals surface area contributed by atoms with Crippen molar-refractivity contribution >= 4 is 51.7 Å². The molecule has 27 heavy (non-hydrogen) atoms. The van der Waals surface area contributed by atoms with Crippen molar-refractivity contribution in [3.05, 3.63) is 69.1 Å². The molecule has 0 radical (unpaired) electrons. The van der Waals surface area contributed by atoms with Gasteiger partial charge in [-0.25, -0.2) is 0 Å². The van der Waals surface area contributed by atoms with Crippen LogP contribution in [0.5, 0.6) is 5.75 Å². The molecule has 1 aliphatic heterocycles. The fourth-order valence-corrected chi connectivity index (χ4v) is 3.61. The SMILES string of the molecule is COc1ccc(NCN2C(=O)/C(=C/c3ccc([N+](=O)[O-])cc3)SC2=S)cc1. The number of rotatable bonds is 6. The Morgan fingerprint density at radius 3 is 2.48 bits per heavy atom. The summed E-state index contributed by atoms with van der Waals surface area (Å²) in [6, 6.07) is 13.3. The summed E-state index contributed by atoms with van der Waals surface area (Å²) in [7, 11) is 1.60. The van der Waals surface area contributed by atoms with E-state index in [1.54, 1.807) is 25.3 Å². The normalized spacial score (nSPS) is 15.3. The third-order valence-electron chi connectivity index (χ3n) is 3.81. The van der Waals surface area contributed by atoms with E-state index in [0.717, 1.165) is 11.4 Å². The topological polar surface area (TPSA) is 84.7 Å². The molecular formula is C18H15N3O4S2. The lowest BCUT2D eigenvalue weighted by Gasteiger charge is -2.16. The number of ether oxygens (including phenoxy) is 1. The molecule has 138 valence electrons. The van der Waals surface area contributed by atoms with Gasteiger partial charge in [0.15, 0.2) is 0 Å². The summed E-state index contributed by atoms with van der Waals surface area (Å²) in [5, 5.41) is 13.9. The minimum Gasteiger partial charge on any atom is -0.497 e. The van der Waals surface area contributed by atoms with Crippen LogP contribution in [0.25, 0.3) is 6.08 Å². The maximum absolute atomic E-state index is 12.6. The number of nitro groups is 1. The van der Waals surface area contributed by atoms with E-state index < -0.39 is 4.92 Å². The van der Waals surface area contributed by atoms with Gasteiger partial charge in [-0.2, -0.15) is 0 Å². The molecule has 1 fully saturated rings. The number of anilines is 1. The molecule has 0 unspecified atom stereocenters. The number of nitrogens with zero attached hydrogens (tertiary/aromatic N) is 2. The summed E-state index contributed by atoms with van der Waals surface area (Å²) in [5.74, 6) is 0.543. The van der Waals surface area contributed by atoms with Crippen molar-refractivity contribution in [2.24, 2.45) is 0 Å². The third-order valence-corrected chi connectivity index (χ3v) is 5.18. The standard InChI is InChI=1S/C18H15N3O4S2/c1-25-15-8-4-13(5-9-15)19-11-20-17(22)16(27-18(20)26)10-12-2-6-14(7-3-12)21(23)24/h2-10,19H,11H2,1H3/b16-10-. The molecule has 1 saturated heterocycles. The molecule has 2 aromatic carbocycles. The summed E-state index contributed by atoms with van der Waals surface area (Å²) >= 11 is 6.50. The largest absolute Gasteiger partial charge is 0.497 e. The molecule has 1 amide bonds. The summed E-state index contributed by atoms with van der Waals surface area (Å²) in [5.41, 5.74) is 1.54. The van der Waals surface area contributed by atoms with Gasteiger partial charge in [-0.3, -0.25) is 19.8 Å². The van der Waals surface area contributed by atoms with E-state index in [-0.39, 0.29) is 18.3 Å². The van der Waals surface area contributed by atoms with Gasteiger partial charge in [0.1, 0.15) is 10.1 Å². The Morgan fingerprint density at radius 1 is 1.22 bits per heavy atom. The second-order valence-corrected chi connectivity index (χ2v) is 7.20. The molecule has 9 heteroatoms. The van der Waals surface area contributed by atoms with Gasteiger partial charge in [-0.15, -0.1) is 0 Å². The van der Waals surface area contributed by atoms with Gasteiger partial charge in [0.25, 0.3) is 11.6 Å². The molecule has 0 aromatic heterocycles. The number of methoxy groups -OCH3 is 1. The maximum Gasteiger partial charge on any atom is 0.269 e. The molecular weight excluding hydrogens is 386 g/mol. The number of non-ortho nitro benzene ring substituents is 1. The smallest absolute Gasteiger partial charge is 0.269 e. The average Bonchev–Trinajstić information content (AvgIpc) is 2.94. The van der Waals surface area contributed by atoms with Gasteiger partial charge in [-0.1, -0.05) is 24.0 Å². The highest BCUT2D eigenvalue weighted by Crippen LogP contribution is 2.32. The molecule has 2 aromatic rings. The van der Waals surface area contributed by atoms with Crippen molar-refractivity contribution in [1.82, 2.24) is 4.90 Å². The summed E-state index contributed by atoms with van der Waals surface area (Å²) in [6.07, 6.45) is 1.68.